The Morgan fingerprint density at radius 2 is 1.90 bits per heavy atom. The lowest BCUT2D eigenvalue weighted by atomic mass is 9.81. The number of thiophene rings is 1. The van der Waals surface area contributed by atoms with Crippen molar-refractivity contribution in [3.63, 3.8) is 0 Å². The van der Waals surface area contributed by atoms with Gasteiger partial charge in [0.1, 0.15) is 17.0 Å². The quantitative estimate of drug-likeness (QED) is 0.785. The van der Waals surface area contributed by atoms with E-state index in [2.05, 4.69) is 26.3 Å². The molecule has 0 aromatic carbocycles. The third-order valence-electron chi connectivity index (χ3n) is 5.01. The second kappa shape index (κ2) is 5.32. The van der Waals surface area contributed by atoms with E-state index in [1.807, 2.05) is 0 Å². The average molecular weight is 287 g/mol. The van der Waals surface area contributed by atoms with Crippen LogP contribution in [0.15, 0.2) is 17.8 Å². The van der Waals surface area contributed by atoms with Crippen LogP contribution < -0.4 is 4.90 Å². The molecular formula is C16H21N3S. The fourth-order valence-electron chi connectivity index (χ4n) is 4.06. The molecule has 1 aliphatic carbocycles. The summed E-state index contributed by atoms with van der Waals surface area (Å²) in [7, 11) is 0. The molecule has 1 saturated carbocycles. The molecule has 0 spiro atoms. The van der Waals surface area contributed by atoms with Gasteiger partial charge in [-0.15, -0.1) is 11.3 Å². The Balaban J connectivity index is 1.76. The monoisotopic (exact) mass is 287 g/mol. The van der Waals surface area contributed by atoms with Gasteiger partial charge in [0.25, 0.3) is 0 Å². The summed E-state index contributed by atoms with van der Waals surface area (Å²) in [4.78, 5) is 12.8. The highest BCUT2D eigenvalue weighted by Crippen LogP contribution is 2.38. The van der Waals surface area contributed by atoms with E-state index in [4.69, 9.17) is 0 Å². The number of anilines is 1. The van der Waals surface area contributed by atoms with Crippen molar-refractivity contribution >= 4 is 27.4 Å². The summed E-state index contributed by atoms with van der Waals surface area (Å²) in [5.41, 5.74) is 0. The number of aromatic nitrogens is 2. The van der Waals surface area contributed by atoms with Crippen LogP contribution >= 0.6 is 11.3 Å². The summed E-state index contributed by atoms with van der Waals surface area (Å²) in [6.45, 7) is 1.17. The molecule has 3 nitrogen and oxygen atoms in total. The summed E-state index contributed by atoms with van der Waals surface area (Å²) in [6, 6.07) is 2.90. The van der Waals surface area contributed by atoms with E-state index in [-0.39, 0.29) is 0 Å². The molecule has 2 aliphatic rings. The fraction of sp³-hybridized carbons (Fsp3) is 0.625. The molecule has 2 fully saturated rings. The van der Waals surface area contributed by atoms with Crippen LogP contribution in [-0.2, 0) is 0 Å². The van der Waals surface area contributed by atoms with Gasteiger partial charge < -0.3 is 4.90 Å². The third kappa shape index (κ3) is 2.10. The van der Waals surface area contributed by atoms with Crippen molar-refractivity contribution in [1.82, 2.24) is 9.97 Å². The molecule has 0 bridgehead atoms. The molecule has 4 heteroatoms. The van der Waals surface area contributed by atoms with Gasteiger partial charge in [0.05, 0.1) is 5.39 Å². The van der Waals surface area contributed by atoms with Gasteiger partial charge in [-0.05, 0) is 43.0 Å². The zero-order valence-electron chi connectivity index (χ0n) is 11.8. The summed E-state index contributed by atoms with van der Waals surface area (Å²) < 4.78 is 0. The summed E-state index contributed by atoms with van der Waals surface area (Å²) in [6.07, 6.45) is 11.4. The lowest BCUT2D eigenvalue weighted by Gasteiger charge is -2.39. The number of fused-ring (bicyclic) bond motifs is 2. The van der Waals surface area contributed by atoms with Crippen molar-refractivity contribution in [2.24, 2.45) is 5.92 Å². The van der Waals surface area contributed by atoms with Crippen LogP contribution in [0, 0.1) is 5.92 Å². The molecule has 0 radical (unpaired) electrons. The van der Waals surface area contributed by atoms with E-state index in [1.165, 1.54) is 62.7 Å². The molecule has 1 aliphatic heterocycles. The van der Waals surface area contributed by atoms with Crippen LogP contribution in [0.25, 0.3) is 10.2 Å². The van der Waals surface area contributed by atoms with E-state index in [1.54, 1.807) is 17.7 Å². The van der Waals surface area contributed by atoms with Gasteiger partial charge in [0.15, 0.2) is 0 Å². The first-order valence-electron chi connectivity index (χ1n) is 7.88. The van der Waals surface area contributed by atoms with Gasteiger partial charge >= 0.3 is 0 Å². The van der Waals surface area contributed by atoms with Gasteiger partial charge in [0, 0.05) is 12.6 Å². The lowest BCUT2D eigenvalue weighted by molar-refractivity contribution is 0.291. The van der Waals surface area contributed by atoms with E-state index < -0.39 is 0 Å². The Bertz CT molecular complexity index is 594. The van der Waals surface area contributed by atoms with Crippen molar-refractivity contribution in [3.05, 3.63) is 17.8 Å². The summed E-state index contributed by atoms with van der Waals surface area (Å²) in [5.74, 6) is 2.07. The van der Waals surface area contributed by atoms with Gasteiger partial charge in [0.2, 0.25) is 0 Å². The molecule has 2 aromatic heterocycles. The highest BCUT2D eigenvalue weighted by molar-refractivity contribution is 7.16. The van der Waals surface area contributed by atoms with Crippen molar-refractivity contribution in [3.8, 4) is 0 Å². The Morgan fingerprint density at radius 1 is 1.05 bits per heavy atom. The SMILES string of the molecule is c1nc(N2CCCC[C@@H]3CCCC[C@H]32)c2ccsc2n1. The Morgan fingerprint density at radius 3 is 2.85 bits per heavy atom. The zero-order chi connectivity index (χ0) is 13.4. The number of hydrogen-bond acceptors (Lipinski definition) is 4. The molecule has 2 atom stereocenters. The van der Waals surface area contributed by atoms with Crippen LogP contribution in [0.3, 0.4) is 0 Å². The molecule has 0 amide bonds. The van der Waals surface area contributed by atoms with Crippen LogP contribution in [0.2, 0.25) is 0 Å². The van der Waals surface area contributed by atoms with Gasteiger partial charge in [-0.1, -0.05) is 19.3 Å². The minimum absolute atomic E-state index is 0.712. The second-order valence-electron chi connectivity index (χ2n) is 6.14. The van der Waals surface area contributed by atoms with Crippen LogP contribution in [-0.4, -0.2) is 22.6 Å². The van der Waals surface area contributed by atoms with E-state index in [0.717, 1.165) is 10.7 Å². The lowest BCUT2D eigenvalue weighted by Crippen LogP contribution is -2.42. The number of rotatable bonds is 1. The maximum atomic E-state index is 4.66. The highest BCUT2D eigenvalue weighted by atomic mass is 32.1. The number of nitrogens with zero attached hydrogens (tertiary/aromatic N) is 3. The van der Waals surface area contributed by atoms with E-state index >= 15 is 0 Å². The largest absolute Gasteiger partial charge is 0.353 e. The molecule has 2 aromatic rings. The predicted octanol–water partition coefficient (Wildman–Crippen LogP) is 4.24. The van der Waals surface area contributed by atoms with Crippen LogP contribution in [0.5, 0.6) is 0 Å². The van der Waals surface area contributed by atoms with Gasteiger partial charge in [-0.25, -0.2) is 9.97 Å². The summed E-state index contributed by atoms with van der Waals surface area (Å²) in [5, 5.41) is 3.39. The average Bonchev–Trinajstić information content (AvgIpc) is 2.87. The molecule has 1 saturated heterocycles. The van der Waals surface area contributed by atoms with Crippen molar-refractivity contribution in [1.29, 1.82) is 0 Å². The second-order valence-corrected chi connectivity index (χ2v) is 7.03. The molecule has 3 heterocycles. The van der Waals surface area contributed by atoms with E-state index in [0.29, 0.717) is 6.04 Å². The predicted molar refractivity (Wildman–Crippen MR) is 84.4 cm³/mol. The topological polar surface area (TPSA) is 29.0 Å². The van der Waals surface area contributed by atoms with Crippen molar-refractivity contribution in [2.75, 3.05) is 11.4 Å². The molecule has 0 N–H and O–H groups in total. The summed E-state index contributed by atoms with van der Waals surface area (Å²) >= 11 is 1.72. The fourth-order valence-corrected chi connectivity index (χ4v) is 4.79. The zero-order valence-corrected chi connectivity index (χ0v) is 12.6. The Kier molecular flexibility index (Phi) is 3.34. The first-order valence-corrected chi connectivity index (χ1v) is 8.76. The minimum atomic E-state index is 0.712. The molecular weight excluding hydrogens is 266 g/mol. The van der Waals surface area contributed by atoms with E-state index in [9.17, 15) is 0 Å². The molecule has 0 unspecified atom stereocenters. The van der Waals surface area contributed by atoms with Gasteiger partial charge in [-0.2, -0.15) is 0 Å². The molecule has 106 valence electrons. The smallest absolute Gasteiger partial charge is 0.141 e. The normalized spacial score (nSPS) is 27.3. The third-order valence-corrected chi connectivity index (χ3v) is 5.83. The Labute approximate surface area is 124 Å². The van der Waals surface area contributed by atoms with Crippen molar-refractivity contribution < 1.29 is 0 Å². The van der Waals surface area contributed by atoms with Crippen LogP contribution in [0.1, 0.15) is 44.9 Å². The Hall–Kier alpha value is -1.16. The number of hydrogen-bond donors (Lipinski definition) is 0. The molecule has 4 rings (SSSR count). The maximum Gasteiger partial charge on any atom is 0.141 e. The highest BCUT2D eigenvalue weighted by Gasteiger charge is 2.33. The first-order chi connectivity index (χ1) is 9.93. The van der Waals surface area contributed by atoms with Gasteiger partial charge in [-0.3, -0.25) is 0 Å². The minimum Gasteiger partial charge on any atom is -0.353 e. The first kappa shape index (κ1) is 12.6. The van der Waals surface area contributed by atoms with Crippen LogP contribution in [0.4, 0.5) is 5.82 Å². The van der Waals surface area contributed by atoms with Crippen molar-refractivity contribution in [2.45, 2.75) is 51.0 Å². The molecule has 20 heavy (non-hydrogen) atoms. The standard InChI is InChI=1S/C16H21N3S/c1-2-7-14-12(5-1)6-3-4-9-19(14)15-13-8-10-20-16(13)18-11-17-15/h8,10-12,14H,1-7,9H2/t12-,14+/m0/s1. The maximum absolute atomic E-state index is 4.66.